The van der Waals surface area contributed by atoms with Crippen LogP contribution in [0.5, 0.6) is 11.5 Å². The molecule has 2 nitrogen and oxygen atoms in total. The van der Waals surface area contributed by atoms with Crippen LogP contribution >= 0.6 is 11.6 Å². The molecule has 0 atom stereocenters. The number of benzene rings is 2. The van der Waals surface area contributed by atoms with Gasteiger partial charge in [-0.25, -0.2) is 4.39 Å². The first-order chi connectivity index (χ1) is 9.11. The van der Waals surface area contributed by atoms with E-state index in [2.05, 4.69) is 5.32 Å². The number of nitrogens with one attached hydrogen (secondary N) is 1. The topological polar surface area (TPSA) is 21.3 Å². The summed E-state index contributed by atoms with van der Waals surface area (Å²) >= 11 is 5.96. The van der Waals surface area contributed by atoms with Crippen LogP contribution in [0.3, 0.4) is 0 Å². The van der Waals surface area contributed by atoms with Crippen LogP contribution in [-0.2, 0) is 6.54 Å². The average Bonchev–Trinajstić information content (AvgIpc) is 2.38. The smallest absolute Gasteiger partial charge is 0.134 e. The van der Waals surface area contributed by atoms with E-state index in [0.717, 1.165) is 5.56 Å². The molecule has 0 saturated carbocycles. The van der Waals surface area contributed by atoms with Crippen molar-refractivity contribution in [3.63, 3.8) is 0 Å². The van der Waals surface area contributed by atoms with Crippen LogP contribution in [0.4, 0.5) is 4.39 Å². The Morgan fingerprint density at radius 3 is 2.74 bits per heavy atom. The molecule has 100 valence electrons. The quantitative estimate of drug-likeness (QED) is 0.901. The van der Waals surface area contributed by atoms with Crippen molar-refractivity contribution < 1.29 is 9.13 Å². The molecule has 0 unspecified atom stereocenters. The van der Waals surface area contributed by atoms with Gasteiger partial charge in [-0.15, -0.1) is 0 Å². The van der Waals surface area contributed by atoms with Crippen molar-refractivity contribution in [2.24, 2.45) is 0 Å². The Kier molecular flexibility index (Phi) is 4.40. The van der Waals surface area contributed by atoms with E-state index in [1.165, 1.54) is 6.07 Å². The van der Waals surface area contributed by atoms with E-state index in [4.69, 9.17) is 16.3 Å². The van der Waals surface area contributed by atoms with Crippen molar-refractivity contribution in [1.82, 2.24) is 5.32 Å². The number of hydrogen-bond acceptors (Lipinski definition) is 2. The number of aryl methyl sites for hydroxylation is 1. The standard InChI is InChI=1S/C15H15ClFNO/c1-10-8-11(6-7-13(10)16)19-15-5-3-4-14(17)12(15)9-18-2/h3-8,18H,9H2,1-2H3. The summed E-state index contributed by atoms with van der Waals surface area (Å²) in [4.78, 5) is 0. The number of halogens is 2. The van der Waals surface area contributed by atoms with Gasteiger partial charge in [0.05, 0.1) is 0 Å². The van der Waals surface area contributed by atoms with Gasteiger partial charge < -0.3 is 10.1 Å². The van der Waals surface area contributed by atoms with Crippen LogP contribution < -0.4 is 10.1 Å². The van der Waals surface area contributed by atoms with Gasteiger partial charge in [0.25, 0.3) is 0 Å². The maximum absolute atomic E-state index is 13.7. The maximum Gasteiger partial charge on any atom is 0.134 e. The van der Waals surface area contributed by atoms with Crippen molar-refractivity contribution in [3.8, 4) is 11.5 Å². The third-order valence-corrected chi connectivity index (χ3v) is 3.21. The molecule has 0 spiro atoms. The Morgan fingerprint density at radius 2 is 2.05 bits per heavy atom. The summed E-state index contributed by atoms with van der Waals surface area (Å²) in [6.45, 7) is 2.31. The summed E-state index contributed by atoms with van der Waals surface area (Å²) in [6.07, 6.45) is 0. The molecule has 2 rings (SSSR count). The van der Waals surface area contributed by atoms with Crippen LogP contribution in [0.15, 0.2) is 36.4 Å². The van der Waals surface area contributed by atoms with Gasteiger partial charge in [0, 0.05) is 17.1 Å². The minimum absolute atomic E-state index is 0.280. The molecular weight excluding hydrogens is 265 g/mol. The molecule has 0 radical (unpaired) electrons. The zero-order valence-electron chi connectivity index (χ0n) is 10.8. The molecule has 4 heteroatoms. The van der Waals surface area contributed by atoms with Crippen LogP contribution in [0.1, 0.15) is 11.1 Å². The molecule has 0 aliphatic heterocycles. The van der Waals surface area contributed by atoms with Gasteiger partial charge in [-0.1, -0.05) is 17.7 Å². The number of ether oxygens (including phenoxy) is 1. The Morgan fingerprint density at radius 1 is 1.26 bits per heavy atom. The SMILES string of the molecule is CNCc1c(F)cccc1Oc1ccc(Cl)c(C)c1. The fourth-order valence-corrected chi connectivity index (χ4v) is 1.91. The second-order valence-corrected chi connectivity index (χ2v) is 4.67. The van der Waals surface area contributed by atoms with Gasteiger partial charge in [-0.05, 0) is 49.9 Å². The first kappa shape index (κ1) is 13.8. The molecule has 0 saturated heterocycles. The molecule has 0 aliphatic rings. The Labute approximate surface area is 117 Å². The minimum Gasteiger partial charge on any atom is -0.457 e. The van der Waals surface area contributed by atoms with Gasteiger partial charge in [-0.2, -0.15) is 0 Å². The van der Waals surface area contributed by atoms with Crippen LogP contribution in [-0.4, -0.2) is 7.05 Å². The van der Waals surface area contributed by atoms with E-state index < -0.39 is 0 Å². The highest BCUT2D eigenvalue weighted by Gasteiger charge is 2.10. The highest BCUT2D eigenvalue weighted by atomic mass is 35.5. The Hall–Kier alpha value is -1.58. The Bertz CT molecular complexity index is 586. The summed E-state index contributed by atoms with van der Waals surface area (Å²) in [5.41, 5.74) is 1.43. The maximum atomic E-state index is 13.7. The molecule has 2 aromatic rings. The number of rotatable bonds is 4. The van der Waals surface area contributed by atoms with E-state index in [9.17, 15) is 4.39 Å². The molecule has 0 amide bonds. The molecule has 0 aliphatic carbocycles. The summed E-state index contributed by atoms with van der Waals surface area (Å²) in [7, 11) is 1.77. The fourth-order valence-electron chi connectivity index (χ4n) is 1.79. The molecule has 0 aromatic heterocycles. The molecule has 0 heterocycles. The summed E-state index contributed by atoms with van der Waals surface area (Å²) in [6, 6.07) is 10.2. The first-order valence-electron chi connectivity index (χ1n) is 5.98. The minimum atomic E-state index is -0.280. The summed E-state index contributed by atoms with van der Waals surface area (Å²) in [5.74, 6) is 0.874. The predicted molar refractivity (Wildman–Crippen MR) is 75.4 cm³/mol. The lowest BCUT2D eigenvalue weighted by atomic mass is 10.2. The molecule has 1 N–H and O–H groups in total. The van der Waals surface area contributed by atoms with Crippen LogP contribution in [0.2, 0.25) is 5.02 Å². The normalized spacial score (nSPS) is 10.5. The van der Waals surface area contributed by atoms with Gasteiger partial charge in [0.15, 0.2) is 0 Å². The summed E-state index contributed by atoms with van der Waals surface area (Å²) < 4.78 is 19.5. The average molecular weight is 280 g/mol. The molecule has 2 aromatic carbocycles. The monoisotopic (exact) mass is 279 g/mol. The van der Waals surface area contributed by atoms with E-state index in [1.807, 2.05) is 13.0 Å². The van der Waals surface area contributed by atoms with E-state index in [0.29, 0.717) is 28.6 Å². The van der Waals surface area contributed by atoms with Gasteiger partial charge in [-0.3, -0.25) is 0 Å². The van der Waals surface area contributed by atoms with Gasteiger partial charge in [0.2, 0.25) is 0 Å². The van der Waals surface area contributed by atoms with E-state index in [-0.39, 0.29) is 5.82 Å². The molecule has 0 bridgehead atoms. The van der Waals surface area contributed by atoms with E-state index in [1.54, 1.807) is 31.3 Å². The van der Waals surface area contributed by atoms with Crippen molar-refractivity contribution in [1.29, 1.82) is 0 Å². The first-order valence-corrected chi connectivity index (χ1v) is 6.35. The molecule has 0 fully saturated rings. The number of hydrogen-bond donors (Lipinski definition) is 1. The molecular formula is C15H15ClFNO. The highest BCUT2D eigenvalue weighted by Crippen LogP contribution is 2.29. The van der Waals surface area contributed by atoms with Crippen molar-refractivity contribution in [3.05, 3.63) is 58.4 Å². The van der Waals surface area contributed by atoms with Crippen molar-refractivity contribution in [2.45, 2.75) is 13.5 Å². The lowest BCUT2D eigenvalue weighted by Crippen LogP contribution is -2.08. The van der Waals surface area contributed by atoms with Crippen molar-refractivity contribution >= 4 is 11.6 Å². The Balaban J connectivity index is 2.32. The predicted octanol–water partition coefficient (Wildman–Crippen LogP) is 4.30. The zero-order valence-corrected chi connectivity index (χ0v) is 11.6. The molecule has 19 heavy (non-hydrogen) atoms. The zero-order chi connectivity index (χ0) is 13.8. The van der Waals surface area contributed by atoms with Gasteiger partial charge >= 0.3 is 0 Å². The highest BCUT2D eigenvalue weighted by molar-refractivity contribution is 6.31. The lowest BCUT2D eigenvalue weighted by molar-refractivity contribution is 0.464. The van der Waals surface area contributed by atoms with Crippen LogP contribution in [0, 0.1) is 12.7 Å². The second kappa shape index (κ2) is 6.04. The fraction of sp³-hybridized carbons (Fsp3) is 0.200. The third kappa shape index (κ3) is 3.25. The van der Waals surface area contributed by atoms with Gasteiger partial charge in [0.1, 0.15) is 17.3 Å². The van der Waals surface area contributed by atoms with Crippen LogP contribution in [0.25, 0.3) is 0 Å². The third-order valence-electron chi connectivity index (χ3n) is 2.79. The second-order valence-electron chi connectivity index (χ2n) is 4.26. The largest absolute Gasteiger partial charge is 0.457 e. The summed E-state index contributed by atoms with van der Waals surface area (Å²) in [5, 5.41) is 3.61. The lowest BCUT2D eigenvalue weighted by Gasteiger charge is -2.12. The van der Waals surface area contributed by atoms with E-state index >= 15 is 0 Å². The van der Waals surface area contributed by atoms with Crippen molar-refractivity contribution in [2.75, 3.05) is 7.05 Å².